The molecular formula is C35H33F4N3O2S. The molecule has 234 valence electrons. The van der Waals surface area contributed by atoms with Gasteiger partial charge in [-0.2, -0.15) is 18.2 Å². The van der Waals surface area contributed by atoms with Crippen molar-refractivity contribution in [1.29, 1.82) is 0 Å². The molecule has 3 aromatic carbocycles. The number of rotatable bonds is 8. The number of thioether (sulfide) groups is 1. The zero-order chi connectivity index (χ0) is 31.9. The van der Waals surface area contributed by atoms with Crippen LogP contribution in [0.2, 0.25) is 0 Å². The van der Waals surface area contributed by atoms with Crippen molar-refractivity contribution in [2.45, 2.75) is 68.7 Å². The predicted molar refractivity (Wildman–Crippen MR) is 166 cm³/mol. The van der Waals surface area contributed by atoms with Crippen LogP contribution in [-0.2, 0) is 29.6 Å². The molecule has 1 aliphatic carbocycles. The third kappa shape index (κ3) is 6.43. The van der Waals surface area contributed by atoms with Gasteiger partial charge >= 0.3 is 6.18 Å². The fourth-order valence-corrected chi connectivity index (χ4v) is 7.39. The van der Waals surface area contributed by atoms with E-state index in [2.05, 4.69) is 18.8 Å². The number of nitrogens with zero attached hydrogens (tertiary/aromatic N) is 3. The van der Waals surface area contributed by atoms with Crippen molar-refractivity contribution >= 4 is 17.7 Å². The summed E-state index contributed by atoms with van der Waals surface area (Å²) in [6.07, 6.45) is -1.75. The van der Waals surface area contributed by atoms with Crippen molar-refractivity contribution in [2.75, 3.05) is 6.54 Å². The van der Waals surface area contributed by atoms with E-state index in [0.29, 0.717) is 47.8 Å². The Bertz CT molecular complexity index is 1750. The Morgan fingerprint density at radius 2 is 1.53 bits per heavy atom. The molecule has 0 spiro atoms. The Hall–Kier alpha value is -3.92. The van der Waals surface area contributed by atoms with Crippen molar-refractivity contribution in [2.24, 2.45) is 5.92 Å². The van der Waals surface area contributed by atoms with E-state index >= 15 is 0 Å². The molecule has 0 N–H and O–H groups in total. The minimum atomic E-state index is -4.39. The number of amides is 1. The second-order valence-electron chi connectivity index (χ2n) is 12.1. The standard InChI is InChI=1S/C35H33F4N3O2S/c1-21(2)19-41-30(25-10-8-23(9-11-25)24-12-14-26(15-13-24)35(37,38)39)18-31(33(41)44)42-29-5-3-4-28(29)32(43)40-34(42)45-20-22-6-16-27(36)17-7-22/h6-17,21,30-31H,3-5,18-20H2,1-2H3. The van der Waals surface area contributed by atoms with Crippen LogP contribution in [0.3, 0.4) is 0 Å². The zero-order valence-corrected chi connectivity index (χ0v) is 25.8. The van der Waals surface area contributed by atoms with Crippen LogP contribution in [0.15, 0.2) is 82.7 Å². The van der Waals surface area contributed by atoms with Gasteiger partial charge in [-0.15, -0.1) is 0 Å². The van der Waals surface area contributed by atoms with Crippen molar-refractivity contribution in [3.05, 3.63) is 117 Å². The molecule has 2 heterocycles. The maximum absolute atomic E-state index is 14.2. The average Bonchev–Trinajstić information content (AvgIpc) is 3.62. The van der Waals surface area contributed by atoms with Gasteiger partial charge in [-0.1, -0.05) is 74.1 Å². The van der Waals surface area contributed by atoms with Crippen molar-refractivity contribution in [3.63, 3.8) is 0 Å². The fraction of sp³-hybridized carbons (Fsp3) is 0.343. The summed E-state index contributed by atoms with van der Waals surface area (Å²) < 4.78 is 54.6. The quantitative estimate of drug-likeness (QED) is 0.112. The van der Waals surface area contributed by atoms with Gasteiger partial charge in [0, 0.05) is 30.0 Å². The Balaban J connectivity index is 1.32. The van der Waals surface area contributed by atoms with Crippen LogP contribution in [0, 0.1) is 11.7 Å². The number of benzene rings is 3. The van der Waals surface area contributed by atoms with Crippen LogP contribution >= 0.6 is 11.8 Å². The van der Waals surface area contributed by atoms with Crippen LogP contribution in [0.5, 0.6) is 0 Å². The molecule has 2 unspecified atom stereocenters. The third-order valence-corrected chi connectivity index (χ3v) is 9.55. The van der Waals surface area contributed by atoms with Gasteiger partial charge in [0.25, 0.3) is 5.56 Å². The first kappa shape index (κ1) is 31.1. The molecule has 0 radical (unpaired) electrons. The SMILES string of the molecule is CC(C)CN1C(=O)C(n2c(SCc3ccc(F)cc3)nc(=O)c3c2CCC3)CC1c1ccc(-c2ccc(C(F)(F)F)cc2)cc1. The first-order valence-corrected chi connectivity index (χ1v) is 16.1. The average molecular weight is 636 g/mol. The highest BCUT2D eigenvalue weighted by Crippen LogP contribution is 2.43. The normalized spacial score (nSPS) is 18.2. The van der Waals surface area contributed by atoms with Gasteiger partial charge in [-0.3, -0.25) is 9.59 Å². The summed E-state index contributed by atoms with van der Waals surface area (Å²) in [6.45, 7) is 4.68. The molecule has 1 saturated heterocycles. The number of alkyl halides is 3. The summed E-state index contributed by atoms with van der Waals surface area (Å²) in [7, 11) is 0. The number of carbonyl (C=O) groups excluding carboxylic acids is 1. The van der Waals surface area contributed by atoms with E-state index in [1.54, 1.807) is 12.1 Å². The molecule has 0 saturated carbocycles. The van der Waals surface area contributed by atoms with Gasteiger partial charge in [-0.25, -0.2) is 4.39 Å². The number of likely N-dealkylation sites (tertiary alicyclic amines) is 1. The summed E-state index contributed by atoms with van der Waals surface area (Å²) in [5, 5.41) is 0.492. The summed E-state index contributed by atoms with van der Waals surface area (Å²) in [6, 6.07) is 18.2. The molecule has 5 nitrogen and oxygen atoms in total. The zero-order valence-electron chi connectivity index (χ0n) is 25.0. The van der Waals surface area contributed by atoms with Crippen LogP contribution in [0.1, 0.15) is 66.7 Å². The van der Waals surface area contributed by atoms with Crippen molar-refractivity contribution in [3.8, 4) is 11.1 Å². The van der Waals surface area contributed by atoms with Gasteiger partial charge in [0.2, 0.25) is 5.91 Å². The number of aromatic nitrogens is 2. The lowest BCUT2D eigenvalue weighted by Gasteiger charge is -2.27. The van der Waals surface area contributed by atoms with Gasteiger partial charge in [-0.05, 0) is 71.7 Å². The molecule has 1 aromatic heterocycles. The molecular weight excluding hydrogens is 602 g/mol. The van der Waals surface area contributed by atoms with Crippen LogP contribution in [0.4, 0.5) is 17.6 Å². The maximum Gasteiger partial charge on any atom is 0.416 e. The number of halogens is 4. The van der Waals surface area contributed by atoms with E-state index in [4.69, 9.17) is 0 Å². The molecule has 1 fully saturated rings. The second-order valence-corrected chi connectivity index (χ2v) is 13.1. The fourth-order valence-electron chi connectivity index (χ4n) is 6.38. The summed E-state index contributed by atoms with van der Waals surface area (Å²) in [5.41, 5.74) is 3.88. The van der Waals surface area contributed by atoms with Crippen molar-refractivity contribution in [1.82, 2.24) is 14.5 Å². The molecule has 0 bridgehead atoms. The Morgan fingerprint density at radius 3 is 2.16 bits per heavy atom. The van der Waals surface area contributed by atoms with Gasteiger partial charge in [0.1, 0.15) is 11.9 Å². The first-order chi connectivity index (χ1) is 21.5. The first-order valence-electron chi connectivity index (χ1n) is 15.1. The Kier molecular flexibility index (Phi) is 8.61. The smallest absolute Gasteiger partial charge is 0.334 e. The lowest BCUT2D eigenvalue weighted by molar-refractivity contribution is -0.137. The monoisotopic (exact) mass is 635 g/mol. The molecule has 1 amide bonds. The van der Waals surface area contributed by atoms with E-state index in [-0.39, 0.29) is 29.2 Å². The van der Waals surface area contributed by atoms with Crippen LogP contribution < -0.4 is 5.56 Å². The van der Waals surface area contributed by atoms with Gasteiger partial charge in [0.15, 0.2) is 5.16 Å². The molecule has 10 heteroatoms. The van der Waals surface area contributed by atoms with E-state index < -0.39 is 17.8 Å². The van der Waals surface area contributed by atoms with Crippen LogP contribution in [0.25, 0.3) is 11.1 Å². The number of hydrogen-bond acceptors (Lipinski definition) is 4. The number of carbonyl (C=O) groups is 1. The topological polar surface area (TPSA) is 55.2 Å². The van der Waals surface area contributed by atoms with E-state index in [9.17, 15) is 27.2 Å². The molecule has 4 aromatic rings. The maximum atomic E-state index is 14.2. The third-order valence-electron chi connectivity index (χ3n) is 8.53. The Morgan fingerprint density at radius 1 is 0.889 bits per heavy atom. The predicted octanol–water partition coefficient (Wildman–Crippen LogP) is 8.02. The second kappa shape index (κ2) is 12.5. The summed E-state index contributed by atoms with van der Waals surface area (Å²) in [5.74, 6) is 0.337. The Labute approximate surface area is 263 Å². The molecule has 2 aliphatic rings. The van der Waals surface area contributed by atoms with Gasteiger partial charge < -0.3 is 9.47 Å². The lowest BCUT2D eigenvalue weighted by atomic mass is 9.98. The molecule has 45 heavy (non-hydrogen) atoms. The highest BCUT2D eigenvalue weighted by Gasteiger charge is 2.43. The van der Waals surface area contributed by atoms with E-state index in [1.807, 2.05) is 33.7 Å². The lowest BCUT2D eigenvalue weighted by Crippen LogP contribution is -2.34. The summed E-state index contributed by atoms with van der Waals surface area (Å²) in [4.78, 5) is 33.6. The number of hydrogen-bond donors (Lipinski definition) is 0. The van der Waals surface area contributed by atoms with E-state index in [1.165, 1.54) is 36.0 Å². The largest absolute Gasteiger partial charge is 0.416 e. The highest BCUT2D eigenvalue weighted by atomic mass is 32.2. The minimum Gasteiger partial charge on any atom is -0.334 e. The minimum absolute atomic E-state index is 0.0244. The molecule has 1 aliphatic heterocycles. The molecule has 6 rings (SSSR count). The summed E-state index contributed by atoms with van der Waals surface area (Å²) >= 11 is 1.38. The van der Waals surface area contributed by atoms with Gasteiger partial charge in [0.05, 0.1) is 11.6 Å². The van der Waals surface area contributed by atoms with E-state index in [0.717, 1.165) is 40.9 Å². The van der Waals surface area contributed by atoms with Crippen LogP contribution in [-0.4, -0.2) is 26.9 Å². The molecule has 2 atom stereocenters. The number of fused-ring (bicyclic) bond motifs is 1. The van der Waals surface area contributed by atoms with Crippen molar-refractivity contribution < 1.29 is 22.4 Å². The highest BCUT2D eigenvalue weighted by molar-refractivity contribution is 7.98.